The van der Waals surface area contributed by atoms with E-state index in [1.165, 1.54) is 5.75 Å². The van der Waals surface area contributed by atoms with Crippen LogP contribution in [0, 0.1) is 5.75 Å². The molecule has 12 heavy (non-hydrogen) atoms. The predicted molar refractivity (Wildman–Crippen MR) is 49.7 cm³/mol. The maximum absolute atomic E-state index is 10.8. The molecule has 0 fully saturated rings. The molecule has 0 aromatic heterocycles. The van der Waals surface area contributed by atoms with Crippen LogP contribution < -0.4 is 0 Å². The summed E-state index contributed by atoms with van der Waals surface area (Å²) >= 11 is 5.62. The van der Waals surface area contributed by atoms with Crippen LogP contribution in [-0.2, 0) is 9.84 Å². The highest BCUT2D eigenvalue weighted by Gasteiger charge is 2.04. The molecule has 1 radical (unpaired) electrons. The first-order chi connectivity index (χ1) is 5.47. The highest BCUT2D eigenvalue weighted by Crippen LogP contribution is 2.12. The third-order valence-electron chi connectivity index (χ3n) is 1.22. The Morgan fingerprint density at radius 2 is 1.75 bits per heavy atom. The molecule has 2 nitrogen and oxygen atoms in total. The van der Waals surface area contributed by atoms with Crippen LogP contribution in [0.15, 0.2) is 24.3 Å². The molecule has 0 unspecified atom stereocenters. The van der Waals surface area contributed by atoms with Crippen LogP contribution in [-0.4, -0.2) is 14.7 Å². The van der Waals surface area contributed by atoms with Gasteiger partial charge in [-0.05, 0) is 17.7 Å². The minimum atomic E-state index is -3.06. The van der Waals surface area contributed by atoms with E-state index in [1.54, 1.807) is 24.3 Å². The Kier molecular flexibility index (Phi) is 2.75. The van der Waals surface area contributed by atoms with Crippen LogP contribution in [0.5, 0.6) is 0 Å². The molecule has 1 aromatic rings. The summed E-state index contributed by atoms with van der Waals surface area (Å²) in [5.74, 6) is 1.20. The highest BCUT2D eigenvalue weighted by molar-refractivity contribution is 7.92. The van der Waals surface area contributed by atoms with E-state index in [0.29, 0.717) is 10.6 Å². The van der Waals surface area contributed by atoms with E-state index in [9.17, 15) is 8.42 Å². The normalized spacial score (nSPS) is 11.5. The summed E-state index contributed by atoms with van der Waals surface area (Å²) in [6.07, 6.45) is 1.15. The smallest absolute Gasteiger partial charge is 0.156 e. The fourth-order valence-corrected chi connectivity index (χ4v) is 1.57. The SMILES string of the molecule is CS(=O)(=O)[CH]c1ccc(Cl)cc1. The van der Waals surface area contributed by atoms with Crippen molar-refractivity contribution in [2.45, 2.75) is 0 Å². The second kappa shape index (κ2) is 3.46. The Morgan fingerprint density at radius 1 is 1.25 bits per heavy atom. The first-order valence-electron chi connectivity index (χ1n) is 3.28. The molecule has 65 valence electrons. The van der Waals surface area contributed by atoms with Gasteiger partial charge in [0.2, 0.25) is 0 Å². The van der Waals surface area contributed by atoms with Crippen LogP contribution in [0.25, 0.3) is 0 Å². The van der Waals surface area contributed by atoms with Crippen molar-refractivity contribution in [2.75, 3.05) is 6.26 Å². The monoisotopic (exact) mass is 203 g/mol. The lowest BCUT2D eigenvalue weighted by Gasteiger charge is -1.97. The molecule has 0 saturated carbocycles. The van der Waals surface area contributed by atoms with E-state index in [2.05, 4.69) is 0 Å². The fourth-order valence-electron chi connectivity index (χ4n) is 0.789. The third-order valence-corrected chi connectivity index (χ3v) is 2.17. The summed E-state index contributed by atoms with van der Waals surface area (Å²) in [7, 11) is -3.06. The van der Waals surface area contributed by atoms with Gasteiger partial charge in [0.15, 0.2) is 9.84 Å². The number of benzene rings is 1. The summed E-state index contributed by atoms with van der Waals surface area (Å²) in [6.45, 7) is 0. The minimum Gasteiger partial charge on any atom is -0.228 e. The molecular formula is C8H8ClO2S. The number of sulfone groups is 1. The van der Waals surface area contributed by atoms with Crippen molar-refractivity contribution in [1.29, 1.82) is 0 Å². The predicted octanol–water partition coefficient (Wildman–Crippen LogP) is 1.89. The maximum atomic E-state index is 10.8. The van der Waals surface area contributed by atoms with E-state index >= 15 is 0 Å². The molecule has 0 aliphatic heterocycles. The van der Waals surface area contributed by atoms with Crippen molar-refractivity contribution >= 4 is 21.4 Å². The number of rotatable bonds is 2. The van der Waals surface area contributed by atoms with E-state index in [-0.39, 0.29) is 0 Å². The van der Waals surface area contributed by atoms with Crippen molar-refractivity contribution < 1.29 is 8.42 Å². The van der Waals surface area contributed by atoms with Gasteiger partial charge in [-0.2, -0.15) is 0 Å². The Balaban J connectivity index is 2.85. The van der Waals surface area contributed by atoms with E-state index in [0.717, 1.165) is 6.26 Å². The molecular weight excluding hydrogens is 196 g/mol. The van der Waals surface area contributed by atoms with Crippen LogP contribution in [0.4, 0.5) is 0 Å². The van der Waals surface area contributed by atoms with Crippen molar-refractivity contribution in [3.8, 4) is 0 Å². The standard InChI is InChI=1S/C8H8ClO2S/c1-12(10,11)6-7-2-4-8(9)5-3-7/h2-6H,1H3. The Labute approximate surface area is 77.1 Å². The van der Waals surface area contributed by atoms with Gasteiger partial charge in [-0.25, -0.2) is 8.42 Å². The van der Waals surface area contributed by atoms with Gasteiger partial charge in [-0.15, -0.1) is 0 Å². The van der Waals surface area contributed by atoms with Gasteiger partial charge in [-0.3, -0.25) is 0 Å². The molecule has 0 atom stereocenters. The lowest BCUT2D eigenvalue weighted by molar-refractivity contribution is 0.608. The summed E-state index contributed by atoms with van der Waals surface area (Å²) < 4.78 is 21.6. The molecule has 0 amide bonds. The van der Waals surface area contributed by atoms with E-state index in [1.807, 2.05) is 0 Å². The molecule has 0 heterocycles. The molecule has 0 N–H and O–H groups in total. The second-order valence-electron chi connectivity index (χ2n) is 2.50. The Morgan fingerprint density at radius 3 is 2.17 bits per heavy atom. The lowest BCUT2D eigenvalue weighted by Crippen LogP contribution is -1.97. The molecule has 1 rings (SSSR count). The number of hydrogen-bond acceptors (Lipinski definition) is 2. The van der Waals surface area contributed by atoms with Crippen molar-refractivity contribution in [3.63, 3.8) is 0 Å². The quantitative estimate of drug-likeness (QED) is 0.736. The maximum Gasteiger partial charge on any atom is 0.156 e. The van der Waals surface area contributed by atoms with Crippen LogP contribution in [0.2, 0.25) is 5.02 Å². The zero-order chi connectivity index (χ0) is 9.19. The van der Waals surface area contributed by atoms with Gasteiger partial charge >= 0.3 is 0 Å². The van der Waals surface area contributed by atoms with Crippen LogP contribution >= 0.6 is 11.6 Å². The van der Waals surface area contributed by atoms with Gasteiger partial charge in [0, 0.05) is 11.3 Å². The topological polar surface area (TPSA) is 34.1 Å². The van der Waals surface area contributed by atoms with Gasteiger partial charge < -0.3 is 0 Å². The molecule has 0 spiro atoms. The van der Waals surface area contributed by atoms with E-state index in [4.69, 9.17) is 11.6 Å². The van der Waals surface area contributed by atoms with Gasteiger partial charge in [0.25, 0.3) is 0 Å². The molecule has 0 saturated heterocycles. The zero-order valence-corrected chi connectivity index (χ0v) is 8.06. The summed E-state index contributed by atoms with van der Waals surface area (Å²) in [5.41, 5.74) is 0.641. The highest BCUT2D eigenvalue weighted by atomic mass is 35.5. The first kappa shape index (κ1) is 9.55. The van der Waals surface area contributed by atoms with Gasteiger partial charge in [0.05, 0.1) is 0 Å². The zero-order valence-electron chi connectivity index (χ0n) is 6.49. The average molecular weight is 204 g/mol. The molecule has 4 heteroatoms. The van der Waals surface area contributed by atoms with Crippen molar-refractivity contribution in [1.82, 2.24) is 0 Å². The van der Waals surface area contributed by atoms with E-state index < -0.39 is 9.84 Å². The summed E-state index contributed by atoms with van der Waals surface area (Å²) in [6, 6.07) is 6.61. The Bertz CT molecular complexity index is 353. The minimum absolute atomic E-state index is 0.598. The Hall–Kier alpha value is -0.540. The van der Waals surface area contributed by atoms with Crippen molar-refractivity contribution in [2.24, 2.45) is 0 Å². The van der Waals surface area contributed by atoms with Crippen LogP contribution in [0.3, 0.4) is 0 Å². The third kappa shape index (κ3) is 3.24. The molecule has 0 aliphatic rings. The molecule has 0 aliphatic carbocycles. The number of hydrogen-bond donors (Lipinski definition) is 0. The molecule has 0 bridgehead atoms. The number of halogens is 1. The first-order valence-corrected chi connectivity index (χ1v) is 5.61. The average Bonchev–Trinajstić information content (AvgIpc) is 1.91. The largest absolute Gasteiger partial charge is 0.228 e. The second-order valence-corrected chi connectivity index (χ2v) is 4.83. The van der Waals surface area contributed by atoms with Gasteiger partial charge in [-0.1, -0.05) is 23.7 Å². The summed E-state index contributed by atoms with van der Waals surface area (Å²) in [5, 5.41) is 0.598. The van der Waals surface area contributed by atoms with Crippen LogP contribution in [0.1, 0.15) is 5.56 Å². The van der Waals surface area contributed by atoms with Crippen molar-refractivity contribution in [3.05, 3.63) is 40.6 Å². The fraction of sp³-hybridized carbons (Fsp3) is 0.125. The van der Waals surface area contributed by atoms with Gasteiger partial charge in [0.1, 0.15) is 5.75 Å². The summed E-state index contributed by atoms with van der Waals surface area (Å²) in [4.78, 5) is 0. The molecule has 1 aromatic carbocycles. The lowest BCUT2D eigenvalue weighted by atomic mass is 10.2.